The van der Waals surface area contributed by atoms with E-state index in [0.717, 1.165) is 23.8 Å². The fourth-order valence-corrected chi connectivity index (χ4v) is 2.71. The van der Waals surface area contributed by atoms with Crippen LogP contribution in [0.1, 0.15) is 5.56 Å². The van der Waals surface area contributed by atoms with E-state index in [0.29, 0.717) is 10.2 Å². The van der Waals surface area contributed by atoms with Crippen molar-refractivity contribution in [2.75, 3.05) is 0 Å². The summed E-state index contributed by atoms with van der Waals surface area (Å²) in [4.78, 5) is 0.246. The molecule has 0 aliphatic carbocycles. The van der Waals surface area contributed by atoms with Gasteiger partial charge in [-0.05, 0) is 51.8 Å². The maximum atomic E-state index is 13.4. The predicted octanol–water partition coefficient (Wildman–Crippen LogP) is 5.16. The minimum absolute atomic E-state index is 0.246. The van der Waals surface area contributed by atoms with Crippen molar-refractivity contribution in [1.82, 2.24) is 0 Å². The number of halogens is 4. The summed E-state index contributed by atoms with van der Waals surface area (Å²) in [5, 5.41) is 0. The smallest absolute Gasteiger partial charge is 0.137 e. The van der Waals surface area contributed by atoms with Crippen molar-refractivity contribution in [3.63, 3.8) is 0 Å². The average molecular weight is 333 g/mol. The minimum Gasteiger partial charge on any atom is -0.207 e. The Morgan fingerprint density at radius 3 is 2.39 bits per heavy atom. The molecule has 2 rings (SSSR count). The molecule has 0 nitrogen and oxygen atoms in total. The Morgan fingerprint density at radius 1 is 0.944 bits per heavy atom. The molecule has 0 spiro atoms. The average Bonchev–Trinajstić information content (AvgIpc) is 2.34. The van der Waals surface area contributed by atoms with Gasteiger partial charge in [-0.25, -0.2) is 13.2 Å². The number of rotatable bonds is 3. The summed E-state index contributed by atoms with van der Waals surface area (Å²) in [5.74, 6) is -0.832. The predicted molar refractivity (Wildman–Crippen MR) is 70.0 cm³/mol. The largest absolute Gasteiger partial charge is 0.207 e. The van der Waals surface area contributed by atoms with E-state index in [9.17, 15) is 13.2 Å². The standard InChI is InChI=1S/C13H8BrF3S/c14-10-5-8(1-3-11(10)16)7-18-13-6-9(15)2-4-12(13)17/h1-6H,7H2. The van der Waals surface area contributed by atoms with E-state index in [4.69, 9.17) is 0 Å². The number of benzene rings is 2. The van der Waals surface area contributed by atoms with Crippen LogP contribution in [-0.2, 0) is 5.75 Å². The molecule has 0 radical (unpaired) electrons. The van der Waals surface area contributed by atoms with E-state index in [-0.39, 0.29) is 10.7 Å². The third kappa shape index (κ3) is 3.29. The van der Waals surface area contributed by atoms with Crippen molar-refractivity contribution in [2.24, 2.45) is 0 Å². The van der Waals surface area contributed by atoms with E-state index < -0.39 is 11.6 Å². The molecule has 18 heavy (non-hydrogen) atoms. The number of thioether (sulfide) groups is 1. The highest BCUT2D eigenvalue weighted by molar-refractivity contribution is 9.10. The molecular weight excluding hydrogens is 325 g/mol. The molecule has 0 unspecified atom stereocenters. The van der Waals surface area contributed by atoms with Gasteiger partial charge in [0, 0.05) is 10.6 Å². The van der Waals surface area contributed by atoms with Gasteiger partial charge in [-0.3, -0.25) is 0 Å². The van der Waals surface area contributed by atoms with Crippen LogP contribution in [0.15, 0.2) is 45.8 Å². The summed E-state index contributed by atoms with van der Waals surface area (Å²) >= 11 is 4.25. The van der Waals surface area contributed by atoms with Crippen LogP contribution in [0.25, 0.3) is 0 Å². The Balaban J connectivity index is 2.11. The third-order valence-corrected chi connectivity index (χ3v) is 3.98. The summed E-state index contributed by atoms with van der Waals surface area (Å²) in [6.07, 6.45) is 0. The number of hydrogen-bond donors (Lipinski definition) is 0. The highest BCUT2D eigenvalue weighted by Crippen LogP contribution is 2.27. The molecule has 5 heteroatoms. The Hall–Kier alpha value is -0.940. The van der Waals surface area contributed by atoms with Gasteiger partial charge in [-0.2, -0.15) is 0 Å². The zero-order chi connectivity index (χ0) is 13.1. The van der Waals surface area contributed by atoms with Crippen LogP contribution in [0.5, 0.6) is 0 Å². The summed E-state index contributed by atoms with van der Waals surface area (Å²) in [6.45, 7) is 0. The van der Waals surface area contributed by atoms with Gasteiger partial charge in [0.05, 0.1) is 4.47 Å². The lowest BCUT2D eigenvalue weighted by molar-refractivity contribution is 0.577. The second-order valence-corrected chi connectivity index (χ2v) is 5.48. The molecule has 0 heterocycles. The molecular formula is C13H8BrF3S. The summed E-state index contributed by atoms with van der Waals surface area (Å²) in [5.41, 5.74) is 0.830. The molecule has 94 valence electrons. The zero-order valence-electron chi connectivity index (χ0n) is 9.09. The first kappa shape index (κ1) is 13.5. The van der Waals surface area contributed by atoms with Crippen molar-refractivity contribution in [1.29, 1.82) is 0 Å². The van der Waals surface area contributed by atoms with Crippen LogP contribution in [-0.4, -0.2) is 0 Å². The Morgan fingerprint density at radius 2 is 1.67 bits per heavy atom. The van der Waals surface area contributed by atoms with E-state index in [2.05, 4.69) is 15.9 Å². The normalized spacial score (nSPS) is 10.7. The van der Waals surface area contributed by atoms with Crippen molar-refractivity contribution < 1.29 is 13.2 Å². The second-order valence-electron chi connectivity index (χ2n) is 3.61. The molecule has 0 amide bonds. The Bertz CT molecular complexity index is 572. The first-order valence-corrected chi connectivity index (χ1v) is 6.86. The molecule has 0 saturated carbocycles. The Labute approximate surface area is 115 Å². The van der Waals surface area contributed by atoms with Crippen LogP contribution in [0, 0.1) is 17.5 Å². The van der Waals surface area contributed by atoms with Crippen molar-refractivity contribution >= 4 is 27.7 Å². The van der Waals surface area contributed by atoms with Crippen LogP contribution < -0.4 is 0 Å². The maximum Gasteiger partial charge on any atom is 0.137 e. The maximum absolute atomic E-state index is 13.4. The molecule has 0 aliphatic rings. The van der Waals surface area contributed by atoms with E-state index in [1.165, 1.54) is 17.8 Å². The van der Waals surface area contributed by atoms with E-state index in [1.807, 2.05) is 0 Å². The molecule has 0 atom stereocenters. The summed E-state index contributed by atoms with van der Waals surface area (Å²) in [6, 6.07) is 7.90. The molecule has 0 fully saturated rings. The van der Waals surface area contributed by atoms with Gasteiger partial charge < -0.3 is 0 Å². The van der Waals surface area contributed by atoms with Gasteiger partial charge in [0.1, 0.15) is 17.5 Å². The van der Waals surface area contributed by atoms with Crippen molar-refractivity contribution in [3.05, 3.63) is 63.9 Å². The molecule has 2 aromatic carbocycles. The van der Waals surface area contributed by atoms with Gasteiger partial charge in [0.25, 0.3) is 0 Å². The molecule has 0 aromatic heterocycles. The van der Waals surface area contributed by atoms with Gasteiger partial charge in [-0.1, -0.05) is 6.07 Å². The lowest BCUT2D eigenvalue weighted by Crippen LogP contribution is -1.87. The topological polar surface area (TPSA) is 0 Å². The van der Waals surface area contributed by atoms with Crippen molar-refractivity contribution in [2.45, 2.75) is 10.6 Å². The lowest BCUT2D eigenvalue weighted by Gasteiger charge is -2.04. The van der Waals surface area contributed by atoms with Gasteiger partial charge >= 0.3 is 0 Å². The van der Waals surface area contributed by atoms with Crippen LogP contribution in [0.2, 0.25) is 0 Å². The number of hydrogen-bond acceptors (Lipinski definition) is 1. The lowest BCUT2D eigenvalue weighted by atomic mass is 10.2. The van der Waals surface area contributed by atoms with E-state index >= 15 is 0 Å². The molecule has 0 N–H and O–H groups in total. The SMILES string of the molecule is Fc1ccc(F)c(SCc2ccc(F)c(Br)c2)c1. The molecule has 0 aliphatic heterocycles. The van der Waals surface area contributed by atoms with Gasteiger partial charge in [-0.15, -0.1) is 11.8 Å². The molecule has 0 saturated heterocycles. The summed E-state index contributed by atoms with van der Waals surface area (Å²) in [7, 11) is 0. The fourth-order valence-electron chi connectivity index (χ4n) is 1.38. The Kier molecular flexibility index (Phi) is 4.35. The third-order valence-electron chi connectivity index (χ3n) is 2.27. The monoisotopic (exact) mass is 332 g/mol. The van der Waals surface area contributed by atoms with Crippen LogP contribution in [0.4, 0.5) is 13.2 Å². The fraction of sp³-hybridized carbons (Fsp3) is 0.0769. The zero-order valence-corrected chi connectivity index (χ0v) is 11.5. The molecule has 2 aromatic rings. The van der Waals surface area contributed by atoms with Crippen LogP contribution >= 0.6 is 27.7 Å². The quantitative estimate of drug-likeness (QED) is 0.699. The second kappa shape index (κ2) is 5.80. The summed E-state index contributed by atoms with van der Waals surface area (Å²) < 4.78 is 39.7. The first-order valence-electron chi connectivity index (χ1n) is 5.08. The molecule has 0 bridgehead atoms. The van der Waals surface area contributed by atoms with Crippen LogP contribution in [0.3, 0.4) is 0 Å². The van der Waals surface area contributed by atoms with Gasteiger partial charge in [0.15, 0.2) is 0 Å². The highest BCUT2D eigenvalue weighted by Gasteiger charge is 2.06. The van der Waals surface area contributed by atoms with Crippen molar-refractivity contribution in [3.8, 4) is 0 Å². The van der Waals surface area contributed by atoms with E-state index in [1.54, 1.807) is 12.1 Å². The first-order chi connectivity index (χ1) is 8.56. The highest BCUT2D eigenvalue weighted by atomic mass is 79.9. The minimum atomic E-state index is -0.473. The van der Waals surface area contributed by atoms with Gasteiger partial charge in [0.2, 0.25) is 0 Å².